The van der Waals surface area contributed by atoms with Crippen LogP contribution in [0.4, 0.5) is 4.39 Å². The highest BCUT2D eigenvalue weighted by atomic mass is 19.1. The van der Waals surface area contributed by atoms with Gasteiger partial charge >= 0.3 is 0 Å². The fourth-order valence-electron chi connectivity index (χ4n) is 2.61. The molecule has 0 aliphatic heterocycles. The van der Waals surface area contributed by atoms with Crippen molar-refractivity contribution in [2.75, 3.05) is 13.1 Å². The summed E-state index contributed by atoms with van der Waals surface area (Å²) in [5, 5.41) is 19.8. The van der Waals surface area contributed by atoms with Crippen LogP contribution < -0.4 is 10.6 Å². The number of aryl methyl sites for hydroxylation is 3. The van der Waals surface area contributed by atoms with Gasteiger partial charge in [0.25, 0.3) is 0 Å². The molecule has 2 aromatic rings. The van der Waals surface area contributed by atoms with Gasteiger partial charge in [-0.3, -0.25) is 4.68 Å². The first-order valence-electron chi connectivity index (χ1n) is 8.75. The Labute approximate surface area is 153 Å². The predicted octanol–water partition coefficient (Wildman–Crippen LogP) is 2.66. The maximum atomic E-state index is 13.8. The van der Waals surface area contributed by atoms with E-state index >= 15 is 0 Å². The molecule has 0 aliphatic carbocycles. The zero-order chi connectivity index (χ0) is 18.9. The number of aliphatic imine (C=N–C) groups is 1. The van der Waals surface area contributed by atoms with Gasteiger partial charge in [0.2, 0.25) is 0 Å². The lowest BCUT2D eigenvalue weighted by Crippen LogP contribution is -2.38. The molecule has 1 heterocycles. The van der Waals surface area contributed by atoms with Crippen molar-refractivity contribution in [1.29, 1.82) is 5.26 Å². The normalized spacial score (nSPS) is 11.3. The summed E-state index contributed by atoms with van der Waals surface area (Å²) in [5.74, 6) is 0.274. The molecule has 0 saturated heterocycles. The summed E-state index contributed by atoms with van der Waals surface area (Å²) in [6.07, 6.45) is 0.894. The van der Waals surface area contributed by atoms with Crippen molar-refractivity contribution in [3.05, 3.63) is 52.6 Å². The highest BCUT2D eigenvalue weighted by molar-refractivity contribution is 5.79. The van der Waals surface area contributed by atoms with Gasteiger partial charge in [0.15, 0.2) is 5.96 Å². The average molecular weight is 356 g/mol. The van der Waals surface area contributed by atoms with Crippen LogP contribution in [0.1, 0.15) is 35.9 Å². The third-order valence-electron chi connectivity index (χ3n) is 3.87. The minimum Gasteiger partial charge on any atom is -0.357 e. The predicted molar refractivity (Wildman–Crippen MR) is 100 cm³/mol. The van der Waals surface area contributed by atoms with E-state index in [0.29, 0.717) is 23.6 Å². The number of benzene rings is 1. The molecule has 2 N–H and O–H groups in total. The molecule has 0 amide bonds. The monoisotopic (exact) mass is 356 g/mol. The molecule has 1 aromatic carbocycles. The lowest BCUT2D eigenvalue weighted by Gasteiger charge is -2.12. The topological polar surface area (TPSA) is 78.0 Å². The van der Waals surface area contributed by atoms with Gasteiger partial charge in [-0.05, 0) is 51.5 Å². The molecule has 26 heavy (non-hydrogen) atoms. The smallest absolute Gasteiger partial charge is 0.191 e. The van der Waals surface area contributed by atoms with E-state index in [4.69, 9.17) is 5.26 Å². The zero-order valence-corrected chi connectivity index (χ0v) is 15.5. The third kappa shape index (κ3) is 5.59. The first-order chi connectivity index (χ1) is 12.5. The summed E-state index contributed by atoms with van der Waals surface area (Å²) in [6.45, 7) is 8.44. The number of nitrogens with zero attached hydrogens (tertiary/aromatic N) is 4. The van der Waals surface area contributed by atoms with Gasteiger partial charge in [0.05, 0.1) is 23.9 Å². The second-order valence-corrected chi connectivity index (χ2v) is 6.04. The number of halogens is 1. The summed E-state index contributed by atoms with van der Waals surface area (Å²) in [6, 6.07) is 8.37. The van der Waals surface area contributed by atoms with Crippen LogP contribution in [0.15, 0.2) is 29.3 Å². The van der Waals surface area contributed by atoms with Gasteiger partial charge in [0, 0.05) is 30.9 Å². The van der Waals surface area contributed by atoms with Gasteiger partial charge < -0.3 is 10.6 Å². The summed E-state index contributed by atoms with van der Waals surface area (Å²) < 4.78 is 15.8. The Bertz CT molecular complexity index is 803. The van der Waals surface area contributed by atoms with Crippen molar-refractivity contribution in [2.24, 2.45) is 4.99 Å². The third-order valence-corrected chi connectivity index (χ3v) is 3.87. The zero-order valence-electron chi connectivity index (χ0n) is 15.5. The van der Waals surface area contributed by atoms with E-state index in [2.05, 4.69) is 26.8 Å². The van der Waals surface area contributed by atoms with Crippen LogP contribution in [0, 0.1) is 31.0 Å². The van der Waals surface area contributed by atoms with Crippen LogP contribution in [-0.2, 0) is 13.1 Å². The molecular formula is C19H25FN6. The molecule has 0 spiro atoms. The van der Waals surface area contributed by atoms with Crippen LogP contribution in [0.3, 0.4) is 0 Å². The molecule has 0 atom stereocenters. The molecule has 0 bridgehead atoms. The van der Waals surface area contributed by atoms with E-state index in [-0.39, 0.29) is 12.4 Å². The van der Waals surface area contributed by atoms with Gasteiger partial charge in [-0.2, -0.15) is 10.4 Å². The molecule has 7 heteroatoms. The molecule has 0 aliphatic rings. The van der Waals surface area contributed by atoms with Crippen molar-refractivity contribution in [3.63, 3.8) is 0 Å². The molecule has 1 aromatic heterocycles. The number of rotatable bonds is 7. The van der Waals surface area contributed by atoms with Crippen molar-refractivity contribution < 1.29 is 4.39 Å². The number of nitrogens with one attached hydrogen (secondary N) is 2. The van der Waals surface area contributed by atoms with Crippen LogP contribution in [0.25, 0.3) is 0 Å². The van der Waals surface area contributed by atoms with Crippen molar-refractivity contribution in [2.45, 2.75) is 40.3 Å². The maximum Gasteiger partial charge on any atom is 0.191 e. The lowest BCUT2D eigenvalue weighted by atomic mass is 10.1. The summed E-state index contributed by atoms with van der Waals surface area (Å²) in [7, 11) is 0. The number of nitriles is 1. The fraction of sp³-hybridized carbons (Fsp3) is 0.421. The molecule has 0 saturated carbocycles. The average Bonchev–Trinajstić information content (AvgIpc) is 2.95. The largest absolute Gasteiger partial charge is 0.357 e. The van der Waals surface area contributed by atoms with Gasteiger partial charge in [-0.1, -0.05) is 0 Å². The fourth-order valence-corrected chi connectivity index (χ4v) is 2.61. The molecule has 6 nitrogen and oxygen atoms in total. The first-order valence-corrected chi connectivity index (χ1v) is 8.75. The van der Waals surface area contributed by atoms with Crippen molar-refractivity contribution >= 4 is 5.96 Å². The number of guanidine groups is 1. The van der Waals surface area contributed by atoms with E-state index in [1.54, 1.807) is 0 Å². The Balaban J connectivity index is 1.90. The molecular weight excluding hydrogens is 331 g/mol. The minimum absolute atomic E-state index is 0.175. The second-order valence-electron chi connectivity index (χ2n) is 6.04. The summed E-state index contributed by atoms with van der Waals surface area (Å²) in [4.78, 5) is 4.41. The van der Waals surface area contributed by atoms with E-state index in [1.165, 1.54) is 18.2 Å². The Morgan fingerprint density at radius 1 is 1.31 bits per heavy atom. The molecule has 138 valence electrons. The highest BCUT2D eigenvalue weighted by Crippen LogP contribution is 2.11. The van der Waals surface area contributed by atoms with E-state index < -0.39 is 0 Å². The van der Waals surface area contributed by atoms with Crippen LogP contribution >= 0.6 is 0 Å². The standard InChI is InChI=1S/C19H25FN6/c1-4-22-19(23-8-5-9-26-15(3)10-14(2)25-26)24-13-17-11-16(12-21)6-7-18(17)20/h6-7,10-11H,4-5,8-9,13H2,1-3H3,(H2,22,23,24). The lowest BCUT2D eigenvalue weighted by molar-refractivity contribution is 0.555. The Kier molecular flexibility index (Phi) is 7.15. The number of hydrogen-bond donors (Lipinski definition) is 2. The van der Waals surface area contributed by atoms with Crippen LogP contribution in [-0.4, -0.2) is 28.8 Å². The van der Waals surface area contributed by atoms with Gasteiger partial charge in [0.1, 0.15) is 5.82 Å². The number of aromatic nitrogens is 2. The molecule has 0 unspecified atom stereocenters. The quantitative estimate of drug-likeness (QED) is 0.454. The summed E-state index contributed by atoms with van der Waals surface area (Å²) in [5.41, 5.74) is 3.01. The Morgan fingerprint density at radius 2 is 2.12 bits per heavy atom. The van der Waals surface area contributed by atoms with Gasteiger partial charge in [-0.15, -0.1) is 0 Å². The van der Waals surface area contributed by atoms with Crippen molar-refractivity contribution in [3.8, 4) is 6.07 Å². The van der Waals surface area contributed by atoms with Gasteiger partial charge in [-0.25, -0.2) is 9.38 Å². The van der Waals surface area contributed by atoms with E-state index in [9.17, 15) is 4.39 Å². The molecule has 0 radical (unpaired) electrons. The van der Waals surface area contributed by atoms with E-state index in [1.807, 2.05) is 31.5 Å². The summed E-state index contributed by atoms with van der Waals surface area (Å²) >= 11 is 0. The molecule has 0 fully saturated rings. The van der Waals surface area contributed by atoms with E-state index in [0.717, 1.165) is 30.9 Å². The maximum absolute atomic E-state index is 13.8. The molecule has 2 rings (SSSR count). The van der Waals surface area contributed by atoms with Crippen molar-refractivity contribution in [1.82, 2.24) is 20.4 Å². The number of hydrogen-bond acceptors (Lipinski definition) is 3. The van der Waals surface area contributed by atoms with Crippen LogP contribution in [0.2, 0.25) is 0 Å². The SMILES string of the molecule is CCNC(=NCc1cc(C#N)ccc1F)NCCCn1nc(C)cc1C. The second kappa shape index (κ2) is 9.56. The minimum atomic E-state index is -0.354. The highest BCUT2D eigenvalue weighted by Gasteiger charge is 2.05. The first kappa shape index (κ1) is 19.4. The Hall–Kier alpha value is -2.88. The van der Waals surface area contributed by atoms with Crippen LogP contribution in [0.5, 0.6) is 0 Å². The Morgan fingerprint density at radius 3 is 2.77 bits per heavy atom.